The summed E-state index contributed by atoms with van der Waals surface area (Å²) >= 11 is 0. The topological polar surface area (TPSA) is 60.9 Å². The Kier molecular flexibility index (Phi) is 3.34. The van der Waals surface area contributed by atoms with E-state index in [4.69, 9.17) is 5.11 Å². The minimum Gasteiger partial charge on any atom is -0.465 e. The van der Waals surface area contributed by atoms with Crippen LogP contribution in [0.25, 0.3) is 0 Å². The van der Waals surface area contributed by atoms with Crippen molar-refractivity contribution in [1.29, 1.82) is 0 Å². The van der Waals surface area contributed by atoms with Gasteiger partial charge in [0.1, 0.15) is 0 Å². The van der Waals surface area contributed by atoms with Crippen molar-refractivity contribution in [2.45, 2.75) is 25.8 Å². The number of carboxylic acid groups (broad SMARTS) is 1. The van der Waals surface area contributed by atoms with Gasteiger partial charge in [-0.2, -0.15) is 0 Å². The number of piperidine rings is 1. The van der Waals surface area contributed by atoms with E-state index in [2.05, 4.69) is 0 Å². The third-order valence-corrected chi connectivity index (χ3v) is 2.39. The van der Waals surface area contributed by atoms with Crippen LogP contribution in [0, 0.1) is 0 Å². The number of hydrogen-bond donors (Lipinski definition) is 1. The van der Waals surface area contributed by atoms with E-state index >= 15 is 0 Å². The quantitative estimate of drug-likeness (QED) is 0.662. The number of hydrogen-bond acceptors (Lipinski definition) is 3. The molecular formula is C10H16N2O3. The van der Waals surface area contributed by atoms with Crippen LogP contribution in [0.3, 0.4) is 0 Å². The van der Waals surface area contributed by atoms with Crippen LogP contribution in [0.1, 0.15) is 19.8 Å². The molecule has 1 heterocycles. The zero-order chi connectivity index (χ0) is 11.6. The van der Waals surface area contributed by atoms with E-state index in [1.807, 2.05) is 14.1 Å². The fraction of sp³-hybridized carbons (Fsp3) is 0.600. The minimum absolute atomic E-state index is 0.227. The molecule has 1 atom stereocenters. The van der Waals surface area contributed by atoms with Crippen molar-refractivity contribution >= 4 is 12.0 Å². The summed E-state index contributed by atoms with van der Waals surface area (Å²) in [6, 6.07) is -0.227. The van der Waals surface area contributed by atoms with Crippen LogP contribution >= 0.6 is 0 Å². The Balaban J connectivity index is 2.91. The molecule has 0 bridgehead atoms. The summed E-state index contributed by atoms with van der Waals surface area (Å²) in [6.45, 7) is 1.75. The maximum atomic E-state index is 11.8. The van der Waals surface area contributed by atoms with Crippen LogP contribution < -0.4 is 0 Å². The lowest BCUT2D eigenvalue weighted by atomic mass is 9.99. The SMILES string of the molecule is CC1CCC(=CN(C)C)C(=O)N1C(=O)O. The maximum absolute atomic E-state index is 11.8. The summed E-state index contributed by atoms with van der Waals surface area (Å²) in [5.74, 6) is -0.394. The first-order valence-electron chi connectivity index (χ1n) is 4.87. The van der Waals surface area contributed by atoms with Gasteiger partial charge in [-0.15, -0.1) is 0 Å². The van der Waals surface area contributed by atoms with E-state index in [1.165, 1.54) is 0 Å². The first kappa shape index (κ1) is 11.6. The van der Waals surface area contributed by atoms with Gasteiger partial charge >= 0.3 is 6.09 Å². The number of rotatable bonds is 1. The van der Waals surface area contributed by atoms with Crippen LogP contribution in [-0.2, 0) is 4.79 Å². The molecule has 0 aliphatic carbocycles. The molecule has 1 aliphatic rings. The van der Waals surface area contributed by atoms with Crippen LogP contribution in [0.15, 0.2) is 11.8 Å². The second-order valence-electron chi connectivity index (χ2n) is 3.96. The van der Waals surface area contributed by atoms with Crippen molar-refractivity contribution in [3.63, 3.8) is 0 Å². The van der Waals surface area contributed by atoms with Crippen LogP contribution in [0.4, 0.5) is 4.79 Å². The van der Waals surface area contributed by atoms with Gasteiger partial charge in [0, 0.05) is 31.9 Å². The van der Waals surface area contributed by atoms with Gasteiger partial charge < -0.3 is 10.0 Å². The highest BCUT2D eigenvalue weighted by Crippen LogP contribution is 2.22. The molecule has 0 saturated carbocycles. The molecule has 1 saturated heterocycles. The summed E-state index contributed by atoms with van der Waals surface area (Å²) in [4.78, 5) is 25.3. The standard InChI is InChI=1S/C10H16N2O3/c1-7-4-5-8(6-11(2)3)9(13)12(7)10(14)15/h6-7H,4-5H2,1-3H3,(H,14,15). The van der Waals surface area contributed by atoms with Crippen molar-refractivity contribution < 1.29 is 14.7 Å². The fourth-order valence-electron chi connectivity index (χ4n) is 1.66. The highest BCUT2D eigenvalue weighted by molar-refractivity contribution is 6.02. The first-order chi connectivity index (χ1) is 6.93. The molecule has 1 rings (SSSR count). The van der Waals surface area contributed by atoms with Crippen molar-refractivity contribution in [1.82, 2.24) is 9.80 Å². The Morgan fingerprint density at radius 3 is 2.67 bits per heavy atom. The van der Waals surface area contributed by atoms with Crippen LogP contribution in [-0.4, -0.2) is 47.0 Å². The molecule has 5 heteroatoms. The van der Waals surface area contributed by atoms with Gasteiger partial charge in [0.25, 0.3) is 5.91 Å². The summed E-state index contributed by atoms with van der Waals surface area (Å²) in [7, 11) is 3.62. The van der Waals surface area contributed by atoms with E-state index in [-0.39, 0.29) is 6.04 Å². The Bertz CT molecular complexity index is 310. The molecule has 0 aromatic carbocycles. The third kappa shape index (κ3) is 2.49. The Hall–Kier alpha value is -1.52. The summed E-state index contributed by atoms with van der Waals surface area (Å²) < 4.78 is 0. The number of carbonyl (C=O) groups is 2. The number of imide groups is 1. The lowest BCUT2D eigenvalue weighted by molar-refractivity contribution is -0.128. The van der Waals surface area contributed by atoms with E-state index in [0.29, 0.717) is 18.4 Å². The van der Waals surface area contributed by atoms with Gasteiger partial charge in [-0.1, -0.05) is 0 Å². The number of carbonyl (C=O) groups excluding carboxylic acids is 1. The number of amides is 2. The predicted molar refractivity (Wildman–Crippen MR) is 55.3 cm³/mol. The molecule has 2 amide bonds. The fourth-order valence-corrected chi connectivity index (χ4v) is 1.66. The van der Waals surface area contributed by atoms with Crippen molar-refractivity contribution in [3.8, 4) is 0 Å². The largest absolute Gasteiger partial charge is 0.465 e. The van der Waals surface area contributed by atoms with Crippen molar-refractivity contribution in [3.05, 3.63) is 11.8 Å². The molecule has 1 fully saturated rings. The number of nitrogens with zero attached hydrogens (tertiary/aromatic N) is 2. The molecular weight excluding hydrogens is 196 g/mol. The molecule has 0 aromatic heterocycles. The van der Waals surface area contributed by atoms with Crippen LogP contribution in [0.2, 0.25) is 0 Å². The lowest BCUT2D eigenvalue weighted by Crippen LogP contribution is -2.46. The van der Waals surface area contributed by atoms with Gasteiger partial charge in [-0.3, -0.25) is 4.79 Å². The van der Waals surface area contributed by atoms with Gasteiger partial charge in [-0.25, -0.2) is 9.69 Å². The minimum atomic E-state index is -1.17. The molecule has 84 valence electrons. The van der Waals surface area contributed by atoms with Gasteiger partial charge in [0.15, 0.2) is 0 Å². The molecule has 0 aromatic rings. The molecule has 5 nitrogen and oxygen atoms in total. The second-order valence-corrected chi connectivity index (χ2v) is 3.96. The smallest absolute Gasteiger partial charge is 0.414 e. The summed E-state index contributed by atoms with van der Waals surface area (Å²) in [5, 5.41) is 8.90. The average molecular weight is 212 g/mol. The van der Waals surface area contributed by atoms with Crippen molar-refractivity contribution in [2.75, 3.05) is 14.1 Å². The van der Waals surface area contributed by atoms with Crippen molar-refractivity contribution in [2.24, 2.45) is 0 Å². The molecule has 0 spiro atoms. The van der Waals surface area contributed by atoms with E-state index in [1.54, 1.807) is 18.0 Å². The Labute approximate surface area is 89.0 Å². The summed E-state index contributed by atoms with van der Waals surface area (Å²) in [5.41, 5.74) is 0.556. The van der Waals surface area contributed by atoms with Gasteiger partial charge in [0.05, 0.1) is 0 Å². The zero-order valence-electron chi connectivity index (χ0n) is 9.23. The lowest BCUT2D eigenvalue weighted by Gasteiger charge is -2.30. The maximum Gasteiger partial charge on any atom is 0.414 e. The van der Waals surface area contributed by atoms with E-state index < -0.39 is 12.0 Å². The Morgan fingerprint density at radius 2 is 2.20 bits per heavy atom. The monoisotopic (exact) mass is 212 g/mol. The Morgan fingerprint density at radius 1 is 1.60 bits per heavy atom. The summed E-state index contributed by atoms with van der Waals surface area (Å²) in [6.07, 6.45) is 1.85. The average Bonchev–Trinajstić information content (AvgIpc) is 2.09. The van der Waals surface area contributed by atoms with E-state index in [9.17, 15) is 9.59 Å². The second kappa shape index (κ2) is 4.33. The van der Waals surface area contributed by atoms with Gasteiger partial charge in [0.2, 0.25) is 0 Å². The zero-order valence-corrected chi connectivity index (χ0v) is 9.23. The molecule has 1 N–H and O–H groups in total. The van der Waals surface area contributed by atoms with E-state index in [0.717, 1.165) is 4.90 Å². The third-order valence-electron chi connectivity index (χ3n) is 2.39. The highest BCUT2D eigenvalue weighted by atomic mass is 16.4. The molecule has 0 radical (unpaired) electrons. The molecule has 15 heavy (non-hydrogen) atoms. The molecule has 1 unspecified atom stereocenters. The van der Waals surface area contributed by atoms with Crippen LogP contribution in [0.5, 0.6) is 0 Å². The normalized spacial score (nSPS) is 24.5. The molecule has 1 aliphatic heterocycles. The predicted octanol–water partition coefficient (Wildman–Crippen LogP) is 1.12. The first-order valence-corrected chi connectivity index (χ1v) is 4.87. The number of likely N-dealkylation sites (tertiary alicyclic amines) is 1. The highest BCUT2D eigenvalue weighted by Gasteiger charge is 2.33. The van der Waals surface area contributed by atoms with Gasteiger partial charge in [-0.05, 0) is 19.8 Å².